The molecule has 0 unspecified atom stereocenters. The third kappa shape index (κ3) is 4.42. The Morgan fingerprint density at radius 2 is 1.78 bits per heavy atom. The van der Waals surface area contributed by atoms with Crippen LogP contribution in [0.4, 0.5) is 11.4 Å². The van der Waals surface area contributed by atoms with E-state index in [2.05, 4.69) is 73.1 Å². The summed E-state index contributed by atoms with van der Waals surface area (Å²) in [7, 11) is 0. The van der Waals surface area contributed by atoms with Gasteiger partial charge in [-0.25, -0.2) is 0 Å². The van der Waals surface area contributed by atoms with Crippen molar-refractivity contribution >= 4 is 50.5 Å². The predicted molar refractivity (Wildman–Crippen MR) is 152 cm³/mol. The van der Waals surface area contributed by atoms with Crippen LogP contribution >= 0.6 is 28.1 Å². The van der Waals surface area contributed by atoms with E-state index in [1.54, 1.807) is 0 Å². The molecule has 1 amide bonds. The Morgan fingerprint density at radius 3 is 2.44 bits per heavy atom. The lowest BCUT2D eigenvalue weighted by Gasteiger charge is -2.28. The lowest BCUT2D eigenvalue weighted by Crippen LogP contribution is -2.29. The fraction of sp³-hybridized carbons (Fsp3) is 0.179. The predicted octanol–water partition coefficient (Wildman–Crippen LogP) is 6.39. The van der Waals surface area contributed by atoms with Crippen molar-refractivity contribution in [2.45, 2.75) is 32.9 Å². The maximum Gasteiger partial charge on any atom is 0.221 e. The number of benzene rings is 2. The maximum atomic E-state index is 11.5. The van der Waals surface area contributed by atoms with Crippen molar-refractivity contribution in [2.75, 3.05) is 10.2 Å². The fourth-order valence-corrected chi connectivity index (χ4v) is 5.76. The summed E-state index contributed by atoms with van der Waals surface area (Å²) in [5, 5.41) is 6.99. The van der Waals surface area contributed by atoms with E-state index in [4.69, 9.17) is 12.2 Å². The smallest absolute Gasteiger partial charge is 0.221 e. The van der Waals surface area contributed by atoms with Crippen molar-refractivity contribution in [3.05, 3.63) is 106 Å². The number of halogens is 1. The summed E-state index contributed by atoms with van der Waals surface area (Å²) in [6.45, 7) is 5.78. The number of nitrogens with one attached hydrogen (secondary N) is 2. The number of carbonyl (C=O) groups excluding carboxylic acids is 1. The molecule has 0 radical (unpaired) electrons. The van der Waals surface area contributed by atoms with Gasteiger partial charge in [0.15, 0.2) is 5.11 Å². The minimum absolute atomic E-state index is 0.103. The molecule has 2 aromatic carbocycles. The van der Waals surface area contributed by atoms with Crippen LogP contribution in [-0.4, -0.2) is 20.6 Å². The Kier molecular flexibility index (Phi) is 6.64. The molecule has 6 nitrogen and oxygen atoms in total. The number of nitrogens with zero attached hydrogens (tertiary/aromatic N) is 3. The number of pyridine rings is 1. The first-order valence-corrected chi connectivity index (χ1v) is 12.9. The van der Waals surface area contributed by atoms with Crippen LogP contribution in [0.15, 0.2) is 83.5 Å². The van der Waals surface area contributed by atoms with E-state index < -0.39 is 0 Å². The Bertz CT molecular complexity index is 1430. The second kappa shape index (κ2) is 9.87. The molecular formula is C28H26BrN5OS. The number of hydrogen-bond acceptors (Lipinski definition) is 3. The topological polar surface area (TPSA) is 62.2 Å². The summed E-state index contributed by atoms with van der Waals surface area (Å²) in [5.74, 6) is -0.103. The van der Waals surface area contributed by atoms with Gasteiger partial charge in [0.25, 0.3) is 0 Å². The van der Waals surface area contributed by atoms with E-state index in [1.165, 1.54) is 6.92 Å². The molecule has 2 N–H and O–H groups in total. The molecule has 1 aliphatic rings. The Hall–Kier alpha value is -3.49. The van der Waals surface area contributed by atoms with Crippen molar-refractivity contribution in [1.29, 1.82) is 0 Å². The minimum Gasteiger partial charge on any atom is -0.351 e. The summed E-state index contributed by atoms with van der Waals surface area (Å²) >= 11 is 9.60. The summed E-state index contributed by atoms with van der Waals surface area (Å²) in [6, 6.07) is 23.9. The number of hydrogen-bond donors (Lipinski definition) is 2. The molecule has 4 aromatic rings. The Morgan fingerprint density at radius 1 is 1.06 bits per heavy atom. The molecule has 2 aromatic heterocycles. The van der Waals surface area contributed by atoms with Crippen LogP contribution in [0, 0.1) is 13.8 Å². The van der Waals surface area contributed by atoms with Crippen LogP contribution in [0.25, 0.3) is 5.69 Å². The third-order valence-corrected chi connectivity index (χ3v) is 7.43. The summed E-state index contributed by atoms with van der Waals surface area (Å²) in [5.41, 5.74) is 7.13. The molecule has 182 valence electrons. The number of aromatic nitrogens is 2. The molecule has 1 fully saturated rings. The number of thiocarbonyl (C=S) groups is 1. The molecule has 0 aliphatic carbocycles. The average molecular weight is 561 g/mol. The zero-order chi connectivity index (χ0) is 25.4. The Labute approximate surface area is 224 Å². The van der Waals surface area contributed by atoms with Gasteiger partial charge < -0.3 is 20.1 Å². The molecule has 0 saturated carbocycles. The van der Waals surface area contributed by atoms with Crippen molar-refractivity contribution in [1.82, 2.24) is 14.9 Å². The monoisotopic (exact) mass is 559 g/mol. The lowest BCUT2D eigenvalue weighted by molar-refractivity contribution is -0.114. The lowest BCUT2D eigenvalue weighted by atomic mass is 9.96. The molecule has 5 rings (SSSR count). The third-order valence-electron chi connectivity index (χ3n) is 6.45. The van der Waals surface area contributed by atoms with Crippen LogP contribution in [-0.2, 0) is 4.79 Å². The van der Waals surface area contributed by atoms with Gasteiger partial charge in [-0.05, 0) is 102 Å². The molecular weight excluding hydrogens is 534 g/mol. The highest BCUT2D eigenvalue weighted by Crippen LogP contribution is 2.44. The second-order valence-corrected chi connectivity index (χ2v) is 10.1. The SMILES string of the molecule is CC(=O)Nc1ccc(N2C(=S)N[C@@H](c3ccccn3)[C@H]2c2cc(C)n(-c3ccccc3Br)c2C)cc1. The van der Waals surface area contributed by atoms with Gasteiger partial charge in [0.2, 0.25) is 5.91 Å². The van der Waals surface area contributed by atoms with Gasteiger partial charge in [0.05, 0.1) is 23.5 Å². The first-order valence-electron chi connectivity index (χ1n) is 11.7. The van der Waals surface area contributed by atoms with E-state index in [1.807, 2.05) is 60.8 Å². The normalized spacial score (nSPS) is 17.2. The standard InChI is InChI=1S/C28H26BrN5OS/c1-17-16-22(18(2)33(17)25-10-5-4-8-23(25)29)27-26(24-9-6-7-15-30-24)32-28(36)34(27)21-13-11-20(12-14-21)31-19(3)35/h4-16,26-27H,1-3H3,(H,31,35)(H,32,36)/t26-,27+/m0/s1. The first kappa shape index (κ1) is 24.2. The molecule has 8 heteroatoms. The number of anilines is 2. The molecule has 3 heterocycles. The summed E-state index contributed by atoms with van der Waals surface area (Å²) in [6.07, 6.45) is 1.81. The van der Waals surface area contributed by atoms with Gasteiger partial charge in [0, 0.05) is 40.4 Å². The average Bonchev–Trinajstić information content (AvgIpc) is 3.35. The summed E-state index contributed by atoms with van der Waals surface area (Å²) < 4.78 is 3.30. The highest BCUT2D eigenvalue weighted by atomic mass is 79.9. The molecule has 2 atom stereocenters. The van der Waals surface area contributed by atoms with E-state index >= 15 is 0 Å². The van der Waals surface area contributed by atoms with Crippen molar-refractivity contribution < 1.29 is 4.79 Å². The molecule has 1 saturated heterocycles. The zero-order valence-electron chi connectivity index (χ0n) is 20.2. The van der Waals surface area contributed by atoms with E-state index in [9.17, 15) is 4.79 Å². The number of para-hydroxylation sites is 1. The zero-order valence-corrected chi connectivity index (χ0v) is 22.6. The largest absolute Gasteiger partial charge is 0.351 e. The molecule has 0 spiro atoms. The van der Waals surface area contributed by atoms with Gasteiger partial charge in [0.1, 0.15) is 0 Å². The highest BCUT2D eigenvalue weighted by Gasteiger charge is 2.42. The molecule has 0 bridgehead atoms. The molecule has 1 aliphatic heterocycles. The van der Waals surface area contributed by atoms with Gasteiger partial charge in [-0.1, -0.05) is 18.2 Å². The van der Waals surface area contributed by atoms with E-state index in [0.717, 1.165) is 44.2 Å². The second-order valence-electron chi connectivity index (χ2n) is 8.84. The first-order chi connectivity index (χ1) is 17.3. The van der Waals surface area contributed by atoms with Gasteiger partial charge >= 0.3 is 0 Å². The van der Waals surface area contributed by atoms with Crippen LogP contribution in [0.5, 0.6) is 0 Å². The van der Waals surface area contributed by atoms with Crippen molar-refractivity contribution in [3.8, 4) is 5.69 Å². The van der Waals surface area contributed by atoms with Crippen LogP contribution in [0.1, 0.15) is 41.7 Å². The van der Waals surface area contributed by atoms with Crippen LogP contribution in [0.2, 0.25) is 0 Å². The quantitative estimate of drug-likeness (QED) is 0.277. The highest BCUT2D eigenvalue weighted by molar-refractivity contribution is 9.10. The molecule has 36 heavy (non-hydrogen) atoms. The maximum absolute atomic E-state index is 11.5. The van der Waals surface area contributed by atoms with Gasteiger partial charge in [-0.2, -0.15) is 0 Å². The van der Waals surface area contributed by atoms with Gasteiger partial charge in [-0.15, -0.1) is 0 Å². The summed E-state index contributed by atoms with van der Waals surface area (Å²) in [4.78, 5) is 18.3. The number of amides is 1. The van der Waals surface area contributed by atoms with E-state index in [-0.39, 0.29) is 18.0 Å². The van der Waals surface area contributed by atoms with E-state index in [0.29, 0.717) is 5.11 Å². The number of carbonyl (C=O) groups is 1. The van der Waals surface area contributed by atoms with Crippen molar-refractivity contribution in [3.63, 3.8) is 0 Å². The van der Waals surface area contributed by atoms with Gasteiger partial charge in [-0.3, -0.25) is 9.78 Å². The Balaban J connectivity index is 1.64. The number of rotatable bonds is 5. The van der Waals surface area contributed by atoms with Crippen LogP contribution < -0.4 is 15.5 Å². The fourth-order valence-electron chi connectivity index (χ4n) is 4.95. The minimum atomic E-state index is -0.137. The van der Waals surface area contributed by atoms with Crippen molar-refractivity contribution in [2.24, 2.45) is 0 Å². The number of aryl methyl sites for hydroxylation is 1. The van der Waals surface area contributed by atoms with Crippen LogP contribution in [0.3, 0.4) is 0 Å².